The van der Waals surface area contributed by atoms with Crippen LogP contribution in [-0.2, 0) is 6.42 Å². The molecule has 0 fully saturated rings. The van der Waals surface area contributed by atoms with E-state index in [0.717, 1.165) is 11.1 Å². The monoisotopic (exact) mass is 245 g/mol. The van der Waals surface area contributed by atoms with Gasteiger partial charge in [0.1, 0.15) is 5.82 Å². The van der Waals surface area contributed by atoms with Gasteiger partial charge in [-0.2, -0.15) is 0 Å². The van der Waals surface area contributed by atoms with Gasteiger partial charge in [-0.3, -0.25) is 0 Å². The SMILES string of the molecule is NC(CO)Cc1ccc(-c2ccccc2)c(F)c1. The van der Waals surface area contributed by atoms with Crippen LogP contribution in [0.2, 0.25) is 0 Å². The number of aliphatic hydroxyl groups is 1. The Kier molecular flexibility index (Phi) is 4.07. The predicted molar refractivity (Wildman–Crippen MR) is 70.6 cm³/mol. The first-order chi connectivity index (χ1) is 8.70. The Labute approximate surface area is 106 Å². The molecule has 0 aliphatic rings. The van der Waals surface area contributed by atoms with E-state index in [9.17, 15) is 4.39 Å². The number of rotatable bonds is 4. The molecule has 94 valence electrons. The van der Waals surface area contributed by atoms with Crippen LogP contribution in [0.15, 0.2) is 48.5 Å². The van der Waals surface area contributed by atoms with Crippen LogP contribution in [-0.4, -0.2) is 17.8 Å². The van der Waals surface area contributed by atoms with Crippen molar-refractivity contribution in [2.45, 2.75) is 12.5 Å². The largest absolute Gasteiger partial charge is 0.395 e. The Morgan fingerprint density at radius 1 is 1.11 bits per heavy atom. The molecule has 1 atom stereocenters. The number of aliphatic hydroxyl groups excluding tert-OH is 1. The molecule has 0 radical (unpaired) electrons. The summed E-state index contributed by atoms with van der Waals surface area (Å²) in [6, 6.07) is 14.1. The zero-order chi connectivity index (χ0) is 13.0. The molecule has 0 saturated carbocycles. The van der Waals surface area contributed by atoms with Gasteiger partial charge in [-0.25, -0.2) is 4.39 Å². The lowest BCUT2D eigenvalue weighted by Gasteiger charge is -2.10. The first-order valence-electron chi connectivity index (χ1n) is 5.91. The first kappa shape index (κ1) is 12.7. The maximum Gasteiger partial charge on any atom is 0.131 e. The molecule has 0 saturated heterocycles. The van der Waals surface area contributed by atoms with Gasteiger partial charge in [0.15, 0.2) is 0 Å². The standard InChI is InChI=1S/C15H16FNO/c16-15-9-11(8-13(17)10-18)6-7-14(15)12-4-2-1-3-5-12/h1-7,9,13,18H,8,10,17H2. The van der Waals surface area contributed by atoms with Gasteiger partial charge in [-0.15, -0.1) is 0 Å². The van der Waals surface area contributed by atoms with Crippen molar-refractivity contribution in [3.05, 3.63) is 59.9 Å². The third kappa shape index (κ3) is 2.94. The molecule has 0 heterocycles. The summed E-state index contributed by atoms with van der Waals surface area (Å²) in [7, 11) is 0. The summed E-state index contributed by atoms with van der Waals surface area (Å²) >= 11 is 0. The third-order valence-corrected chi connectivity index (χ3v) is 2.85. The number of benzene rings is 2. The van der Waals surface area contributed by atoms with Gasteiger partial charge in [0.25, 0.3) is 0 Å². The van der Waals surface area contributed by atoms with E-state index in [2.05, 4.69) is 0 Å². The molecule has 3 heteroatoms. The predicted octanol–water partition coefficient (Wildman–Crippen LogP) is 2.35. The Balaban J connectivity index is 2.26. The lowest BCUT2D eigenvalue weighted by molar-refractivity contribution is 0.265. The Morgan fingerprint density at radius 2 is 1.83 bits per heavy atom. The molecule has 18 heavy (non-hydrogen) atoms. The quantitative estimate of drug-likeness (QED) is 0.868. The Bertz CT molecular complexity index is 513. The second kappa shape index (κ2) is 5.76. The highest BCUT2D eigenvalue weighted by atomic mass is 19.1. The summed E-state index contributed by atoms with van der Waals surface area (Å²) in [6.45, 7) is -0.0952. The van der Waals surface area contributed by atoms with E-state index in [1.54, 1.807) is 6.07 Å². The Morgan fingerprint density at radius 3 is 2.44 bits per heavy atom. The van der Waals surface area contributed by atoms with Crippen LogP contribution in [0.3, 0.4) is 0 Å². The average Bonchev–Trinajstić information content (AvgIpc) is 2.40. The molecule has 0 amide bonds. The molecule has 2 aromatic carbocycles. The molecular weight excluding hydrogens is 229 g/mol. The molecule has 2 aromatic rings. The van der Waals surface area contributed by atoms with Gasteiger partial charge in [-0.05, 0) is 23.6 Å². The summed E-state index contributed by atoms with van der Waals surface area (Å²) < 4.78 is 14.0. The number of halogens is 1. The van der Waals surface area contributed by atoms with Gasteiger partial charge in [0.2, 0.25) is 0 Å². The summed E-state index contributed by atoms with van der Waals surface area (Å²) in [6.07, 6.45) is 0.475. The average molecular weight is 245 g/mol. The minimum Gasteiger partial charge on any atom is -0.395 e. The fourth-order valence-corrected chi connectivity index (χ4v) is 1.90. The molecule has 0 aromatic heterocycles. The van der Waals surface area contributed by atoms with Gasteiger partial charge >= 0.3 is 0 Å². The molecule has 0 bridgehead atoms. The van der Waals surface area contributed by atoms with Crippen molar-refractivity contribution in [2.75, 3.05) is 6.61 Å². The second-order valence-electron chi connectivity index (χ2n) is 4.33. The van der Waals surface area contributed by atoms with Crippen molar-refractivity contribution >= 4 is 0 Å². The highest BCUT2D eigenvalue weighted by Crippen LogP contribution is 2.23. The highest BCUT2D eigenvalue weighted by Gasteiger charge is 2.08. The van der Waals surface area contributed by atoms with Gasteiger partial charge in [-0.1, -0.05) is 42.5 Å². The lowest BCUT2D eigenvalue weighted by Crippen LogP contribution is -2.26. The lowest BCUT2D eigenvalue weighted by atomic mass is 10.0. The van der Waals surface area contributed by atoms with Crippen molar-refractivity contribution in [2.24, 2.45) is 5.73 Å². The zero-order valence-corrected chi connectivity index (χ0v) is 10.0. The van der Waals surface area contributed by atoms with Gasteiger partial charge < -0.3 is 10.8 Å². The molecule has 3 N–H and O–H groups in total. The topological polar surface area (TPSA) is 46.2 Å². The minimum absolute atomic E-state index is 0.0952. The molecule has 0 aliphatic carbocycles. The molecule has 1 unspecified atom stereocenters. The molecular formula is C15H16FNO. The molecule has 0 spiro atoms. The highest BCUT2D eigenvalue weighted by molar-refractivity contribution is 5.64. The fourth-order valence-electron chi connectivity index (χ4n) is 1.90. The fraction of sp³-hybridized carbons (Fsp3) is 0.200. The van der Waals surface area contributed by atoms with Crippen molar-refractivity contribution in [1.82, 2.24) is 0 Å². The number of hydrogen-bond donors (Lipinski definition) is 2. The van der Waals surface area contributed by atoms with Crippen molar-refractivity contribution in [3.63, 3.8) is 0 Å². The molecule has 2 nitrogen and oxygen atoms in total. The van der Waals surface area contributed by atoms with Crippen LogP contribution in [0.5, 0.6) is 0 Å². The van der Waals surface area contributed by atoms with E-state index < -0.39 is 0 Å². The van der Waals surface area contributed by atoms with E-state index in [-0.39, 0.29) is 18.5 Å². The summed E-state index contributed by atoms with van der Waals surface area (Å²) in [4.78, 5) is 0. The van der Waals surface area contributed by atoms with E-state index in [0.29, 0.717) is 12.0 Å². The molecule has 0 aliphatic heterocycles. The van der Waals surface area contributed by atoms with Gasteiger partial charge in [0, 0.05) is 11.6 Å². The maximum absolute atomic E-state index is 14.0. The first-order valence-corrected chi connectivity index (χ1v) is 5.91. The Hall–Kier alpha value is -1.71. The normalized spacial score (nSPS) is 12.4. The maximum atomic E-state index is 14.0. The van der Waals surface area contributed by atoms with Crippen LogP contribution < -0.4 is 5.73 Å². The number of nitrogens with two attached hydrogens (primary N) is 1. The molecule has 2 rings (SSSR count). The third-order valence-electron chi connectivity index (χ3n) is 2.85. The zero-order valence-electron chi connectivity index (χ0n) is 10.0. The van der Waals surface area contributed by atoms with E-state index in [1.807, 2.05) is 36.4 Å². The van der Waals surface area contributed by atoms with Crippen LogP contribution in [0.4, 0.5) is 4.39 Å². The van der Waals surface area contributed by atoms with Crippen LogP contribution >= 0.6 is 0 Å². The van der Waals surface area contributed by atoms with Crippen molar-refractivity contribution in [1.29, 1.82) is 0 Å². The minimum atomic E-state index is -0.341. The van der Waals surface area contributed by atoms with E-state index in [4.69, 9.17) is 10.8 Å². The van der Waals surface area contributed by atoms with E-state index in [1.165, 1.54) is 6.07 Å². The second-order valence-corrected chi connectivity index (χ2v) is 4.33. The number of hydrogen-bond acceptors (Lipinski definition) is 2. The summed E-state index contributed by atoms with van der Waals surface area (Å²) in [5.41, 5.74) is 7.87. The van der Waals surface area contributed by atoms with Crippen LogP contribution in [0, 0.1) is 5.82 Å². The van der Waals surface area contributed by atoms with Crippen LogP contribution in [0.1, 0.15) is 5.56 Å². The van der Waals surface area contributed by atoms with E-state index >= 15 is 0 Å². The summed E-state index contributed by atoms with van der Waals surface area (Å²) in [5, 5.41) is 8.88. The van der Waals surface area contributed by atoms with Crippen LogP contribution in [0.25, 0.3) is 11.1 Å². The smallest absolute Gasteiger partial charge is 0.131 e. The van der Waals surface area contributed by atoms with Crippen molar-refractivity contribution in [3.8, 4) is 11.1 Å². The summed E-state index contributed by atoms with van der Waals surface area (Å²) in [5.74, 6) is -0.260. The van der Waals surface area contributed by atoms with Crippen molar-refractivity contribution < 1.29 is 9.50 Å². The van der Waals surface area contributed by atoms with Gasteiger partial charge in [0.05, 0.1) is 6.61 Å².